The summed E-state index contributed by atoms with van der Waals surface area (Å²) in [6, 6.07) is 8.65. The molecule has 2 aromatic rings. The lowest BCUT2D eigenvalue weighted by molar-refractivity contribution is -0.137. The number of benzene rings is 2. The summed E-state index contributed by atoms with van der Waals surface area (Å²) in [4.78, 5) is 0. The Bertz CT molecular complexity index is 659. The number of nitrogens with one attached hydrogen (secondary N) is 1. The van der Waals surface area contributed by atoms with E-state index in [0.29, 0.717) is 11.6 Å². The smallest absolute Gasteiger partial charge is 0.381 e. The van der Waals surface area contributed by atoms with Crippen molar-refractivity contribution in [1.29, 1.82) is 0 Å². The molecular weight excluding hydrogens is 390 g/mol. The summed E-state index contributed by atoms with van der Waals surface area (Å²) in [7, 11) is 0. The van der Waals surface area contributed by atoms with Gasteiger partial charge in [-0.15, -0.1) is 0 Å². The van der Waals surface area contributed by atoms with E-state index < -0.39 is 11.7 Å². The molecule has 0 atom stereocenters. The molecule has 0 saturated carbocycles. The maximum Gasteiger partial charge on any atom is 0.416 e. The quantitative estimate of drug-likeness (QED) is 0.631. The van der Waals surface area contributed by atoms with Crippen LogP contribution >= 0.6 is 39.1 Å². The molecule has 0 aromatic heterocycles. The largest absolute Gasteiger partial charge is 0.416 e. The Kier molecular flexibility index (Phi) is 5.07. The first-order valence-electron chi connectivity index (χ1n) is 5.81. The van der Waals surface area contributed by atoms with Crippen molar-refractivity contribution >= 4 is 44.8 Å². The molecule has 21 heavy (non-hydrogen) atoms. The minimum absolute atomic E-state index is 0.0224. The number of hydrogen-bond donors (Lipinski definition) is 1. The molecule has 0 fully saturated rings. The van der Waals surface area contributed by atoms with Gasteiger partial charge in [-0.1, -0.05) is 45.2 Å². The van der Waals surface area contributed by atoms with Crippen molar-refractivity contribution in [1.82, 2.24) is 0 Å². The van der Waals surface area contributed by atoms with Crippen molar-refractivity contribution in [3.63, 3.8) is 0 Å². The molecule has 0 heterocycles. The molecule has 112 valence electrons. The Morgan fingerprint density at radius 1 is 1.05 bits per heavy atom. The summed E-state index contributed by atoms with van der Waals surface area (Å²) in [6.07, 6.45) is -4.43. The molecule has 0 radical (unpaired) electrons. The fourth-order valence-electron chi connectivity index (χ4n) is 1.72. The molecule has 7 heteroatoms. The van der Waals surface area contributed by atoms with Crippen molar-refractivity contribution in [2.24, 2.45) is 0 Å². The number of alkyl halides is 3. The fourth-order valence-corrected chi connectivity index (χ4v) is 2.69. The molecule has 0 amide bonds. The Morgan fingerprint density at radius 3 is 2.38 bits per heavy atom. The maximum atomic E-state index is 12.7. The predicted octanol–water partition coefficient (Wildman–Crippen LogP) is 6.39. The van der Waals surface area contributed by atoms with E-state index in [1.807, 2.05) is 6.07 Å². The molecule has 0 aliphatic carbocycles. The van der Waals surface area contributed by atoms with Gasteiger partial charge >= 0.3 is 6.18 Å². The highest BCUT2D eigenvalue weighted by Gasteiger charge is 2.31. The SMILES string of the molecule is FC(F)(F)c1cc(Cl)cc(NCc2ccc(Br)cc2Cl)c1. The van der Waals surface area contributed by atoms with Gasteiger partial charge in [0.2, 0.25) is 0 Å². The third-order valence-electron chi connectivity index (χ3n) is 2.72. The van der Waals surface area contributed by atoms with Crippen molar-refractivity contribution in [3.8, 4) is 0 Å². The normalized spacial score (nSPS) is 11.5. The minimum atomic E-state index is -4.43. The summed E-state index contributed by atoms with van der Waals surface area (Å²) in [5, 5.41) is 3.44. The van der Waals surface area contributed by atoms with Crippen LogP contribution in [0.4, 0.5) is 18.9 Å². The Balaban J connectivity index is 2.18. The summed E-state index contributed by atoms with van der Waals surface area (Å²) in [5.41, 5.74) is 0.265. The van der Waals surface area contributed by atoms with Crippen LogP contribution in [0, 0.1) is 0 Å². The lowest BCUT2D eigenvalue weighted by atomic mass is 10.1. The van der Waals surface area contributed by atoms with Crippen molar-refractivity contribution in [3.05, 3.63) is 62.0 Å². The standard InChI is InChI=1S/C14H9BrCl2F3N/c15-10-2-1-8(13(17)5-10)7-21-12-4-9(14(18,19)20)3-11(16)6-12/h1-6,21H,7H2. The van der Waals surface area contributed by atoms with E-state index in [2.05, 4.69) is 21.2 Å². The first-order chi connectivity index (χ1) is 9.75. The molecule has 1 nitrogen and oxygen atoms in total. The van der Waals surface area contributed by atoms with Gasteiger partial charge in [-0.3, -0.25) is 0 Å². The number of halogens is 6. The van der Waals surface area contributed by atoms with Gasteiger partial charge in [-0.2, -0.15) is 13.2 Å². The van der Waals surface area contributed by atoms with Crippen LogP contribution < -0.4 is 5.32 Å². The molecule has 0 spiro atoms. The highest BCUT2D eigenvalue weighted by atomic mass is 79.9. The zero-order valence-electron chi connectivity index (χ0n) is 10.4. The van der Waals surface area contributed by atoms with Gasteiger partial charge in [0.1, 0.15) is 0 Å². The lowest BCUT2D eigenvalue weighted by Crippen LogP contribution is -2.07. The first-order valence-corrected chi connectivity index (χ1v) is 7.36. The van der Waals surface area contributed by atoms with Crippen LogP contribution in [0.25, 0.3) is 0 Å². The van der Waals surface area contributed by atoms with Gasteiger partial charge in [0.05, 0.1) is 5.56 Å². The van der Waals surface area contributed by atoms with Gasteiger partial charge in [0, 0.05) is 26.8 Å². The first kappa shape index (κ1) is 16.5. The molecule has 2 aromatic carbocycles. The highest BCUT2D eigenvalue weighted by Crippen LogP contribution is 2.33. The molecule has 0 unspecified atom stereocenters. The van der Waals surface area contributed by atoms with E-state index >= 15 is 0 Å². The van der Waals surface area contributed by atoms with E-state index in [-0.39, 0.29) is 10.7 Å². The van der Waals surface area contributed by atoms with Crippen LogP contribution in [-0.2, 0) is 12.7 Å². The third kappa shape index (κ3) is 4.53. The van der Waals surface area contributed by atoms with E-state index in [4.69, 9.17) is 23.2 Å². The molecule has 2 rings (SSSR count). The van der Waals surface area contributed by atoms with E-state index in [9.17, 15) is 13.2 Å². The fraction of sp³-hybridized carbons (Fsp3) is 0.143. The van der Waals surface area contributed by atoms with Crippen LogP contribution in [0.3, 0.4) is 0 Å². The Hall–Kier alpha value is -0.910. The second-order valence-electron chi connectivity index (χ2n) is 4.32. The summed E-state index contributed by atoms with van der Waals surface area (Å²) >= 11 is 15.1. The molecule has 1 N–H and O–H groups in total. The van der Waals surface area contributed by atoms with Crippen LogP contribution in [0.2, 0.25) is 10.0 Å². The lowest BCUT2D eigenvalue weighted by Gasteiger charge is -2.12. The number of hydrogen-bond acceptors (Lipinski definition) is 1. The van der Waals surface area contributed by atoms with Gasteiger partial charge in [-0.25, -0.2) is 0 Å². The van der Waals surface area contributed by atoms with Gasteiger partial charge in [0.25, 0.3) is 0 Å². The van der Waals surface area contributed by atoms with Crippen molar-refractivity contribution in [2.75, 3.05) is 5.32 Å². The topological polar surface area (TPSA) is 12.0 Å². The number of anilines is 1. The summed E-state index contributed by atoms with van der Waals surface area (Å²) in [5.74, 6) is 0. The molecule has 0 saturated heterocycles. The Labute approximate surface area is 138 Å². The van der Waals surface area contributed by atoms with Gasteiger partial charge in [-0.05, 0) is 35.9 Å². The molecule has 0 aliphatic rings. The zero-order valence-corrected chi connectivity index (χ0v) is 13.5. The highest BCUT2D eigenvalue weighted by molar-refractivity contribution is 9.10. The third-order valence-corrected chi connectivity index (χ3v) is 3.79. The average Bonchev–Trinajstić information content (AvgIpc) is 2.36. The van der Waals surface area contributed by atoms with E-state index in [0.717, 1.165) is 22.2 Å². The van der Waals surface area contributed by atoms with Gasteiger partial charge in [0.15, 0.2) is 0 Å². The van der Waals surface area contributed by atoms with Gasteiger partial charge < -0.3 is 5.32 Å². The maximum absolute atomic E-state index is 12.7. The second kappa shape index (κ2) is 6.46. The van der Waals surface area contributed by atoms with Crippen molar-refractivity contribution < 1.29 is 13.2 Å². The molecular formula is C14H9BrCl2F3N. The zero-order chi connectivity index (χ0) is 15.6. The predicted molar refractivity (Wildman–Crippen MR) is 82.9 cm³/mol. The monoisotopic (exact) mass is 397 g/mol. The van der Waals surface area contributed by atoms with Crippen molar-refractivity contribution in [2.45, 2.75) is 12.7 Å². The number of rotatable bonds is 3. The summed E-state index contributed by atoms with van der Waals surface area (Å²) in [6.45, 7) is 0.295. The molecule has 0 aliphatic heterocycles. The molecule has 0 bridgehead atoms. The summed E-state index contributed by atoms with van der Waals surface area (Å²) < 4.78 is 39.0. The van der Waals surface area contributed by atoms with E-state index in [1.54, 1.807) is 12.1 Å². The van der Waals surface area contributed by atoms with Crippen LogP contribution in [0.5, 0.6) is 0 Å². The average molecular weight is 399 g/mol. The van der Waals surface area contributed by atoms with E-state index in [1.165, 1.54) is 6.07 Å². The van der Waals surface area contributed by atoms with Crippen LogP contribution in [-0.4, -0.2) is 0 Å². The minimum Gasteiger partial charge on any atom is -0.381 e. The van der Waals surface area contributed by atoms with Crippen LogP contribution in [0.15, 0.2) is 40.9 Å². The second-order valence-corrected chi connectivity index (χ2v) is 6.07. The Morgan fingerprint density at radius 2 is 1.76 bits per heavy atom. The van der Waals surface area contributed by atoms with Crippen LogP contribution in [0.1, 0.15) is 11.1 Å².